The third-order valence-electron chi connectivity index (χ3n) is 2.22. The minimum atomic E-state index is -4.53. The Hall–Kier alpha value is -2.19. The average Bonchev–Trinajstić information content (AvgIpc) is 2.35. The summed E-state index contributed by atoms with van der Waals surface area (Å²) in [6.07, 6.45) is -2.52. The van der Waals surface area contributed by atoms with Crippen molar-refractivity contribution >= 4 is 11.8 Å². The van der Waals surface area contributed by atoms with E-state index in [4.69, 9.17) is 0 Å². The molecule has 0 saturated carbocycles. The normalized spacial score (nSPS) is 11.1. The predicted molar refractivity (Wildman–Crippen MR) is 60.2 cm³/mol. The second-order valence-electron chi connectivity index (χ2n) is 3.91. The molecule has 0 fully saturated rings. The molecule has 1 N–H and O–H groups in total. The number of aromatic nitrogens is 1. The van der Waals surface area contributed by atoms with E-state index in [1.54, 1.807) is 5.32 Å². The number of nitrogens with one attached hydrogen (secondary N) is 1. The molecule has 1 heterocycles. The van der Waals surface area contributed by atoms with Crippen LogP contribution in [0.1, 0.15) is 10.4 Å². The number of amides is 2. The maximum absolute atomic E-state index is 13.3. The fourth-order valence-corrected chi connectivity index (χ4v) is 1.30. The van der Waals surface area contributed by atoms with Gasteiger partial charge in [-0.15, -0.1) is 0 Å². The van der Waals surface area contributed by atoms with Gasteiger partial charge in [0.1, 0.15) is 6.54 Å². The van der Waals surface area contributed by atoms with Crippen molar-refractivity contribution in [3.05, 3.63) is 29.8 Å². The maximum atomic E-state index is 13.3. The highest BCUT2D eigenvalue weighted by molar-refractivity contribution is 5.96. The van der Waals surface area contributed by atoms with Crippen LogP contribution in [0.2, 0.25) is 0 Å². The number of hydrogen-bond donors (Lipinski definition) is 1. The molecule has 9 heteroatoms. The number of pyridine rings is 1. The summed E-state index contributed by atoms with van der Waals surface area (Å²) < 4.78 is 48.9. The van der Waals surface area contributed by atoms with Gasteiger partial charge in [-0.3, -0.25) is 14.6 Å². The molecular formula is C11H11F4N3O2. The highest BCUT2D eigenvalue weighted by Gasteiger charge is 2.28. The van der Waals surface area contributed by atoms with Crippen molar-refractivity contribution in [1.29, 1.82) is 0 Å². The van der Waals surface area contributed by atoms with Crippen molar-refractivity contribution < 1.29 is 27.2 Å². The SMILES string of the molecule is CN(CC(=O)NCC(F)(F)F)C(=O)c1ccncc1F. The lowest BCUT2D eigenvalue weighted by atomic mass is 10.2. The minimum absolute atomic E-state index is 0.314. The zero-order valence-corrected chi connectivity index (χ0v) is 10.4. The molecule has 0 atom stereocenters. The van der Waals surface area contributed by atoms with Crippen LogP contribution in [0.3, 0.4) is 0 Å². The number of carbonyl (C=O) groups excluding carboxylic acids is 2. The highest BCUT2D eigenvalue weighted by atomic mass is 19.4. The van der Waals surface area contributed by atoms with E-state index in [0.29, 0.717) is 0 Å². The lowest BCUT2D eigenvalue weighted by molar-refractivity contribution is -0.138. The van der Waals surface area contributed by atoms with Crippen LogP contribution in [0, 0.1) is 5.82 Å². The molecule has 1 rings (SSSR count). The summed E-state index contributed by atoms with van der Waals surface area (Å²) >= 11 is 0. The Labute approximate surface area is 111 Å². The molecule has 0 aromatic carbocycles. The summed E-state index contributed by atoms with van der Waals surface area (Å²) in [4.78, 5) is 27.2. The second-order valence-corrected chi connectivity index (χ2v) is 3.91. The summed E-state index contributed by atoms with van der Waals surface area (Å²) in [6.45, 7) is -2.10. The van der Waals surface area contributed by atoms with Crippen LogP contribution in [-0.2, 0) is 4.79 Å². The van der Waals surface area contributed by atoms with E-state index in [2.05, 4.69) is 4.98 Å². The molecule has 0 radical (unpaired) electrons. The molecule has 0 aliphatic rings. The number of halogens is 4. The van der Waals surface area contributed by atoms with Crippen molar-refractivity contribution in [1.82, 2.24) is 15.2 Å². The van der Waals surface area contributed by atoms with Crippen LogP contribution in [0.4, 0.5) is 17.6 Å². The molecule has 110 valence electrons. The van der Waals surface area contributed by atoms with Gasteiger partial charge in [0.15, 0.2) is 5.82 Å². The summed E-state index contributed by atoms with van der Waals surface area (Å²) in [5, 5.41) is 1.61. The Balaban J connectivity index is 2.59. The van der Waals surface area contributed by atoms with Gasteiger partial charge >= 0.3 is 6.18 Å². The first-order chi connectivity index (χ1) is 9.20. The number of likely N-dealkylation sites (N-methyl/N-ethyl adjacent to an activating group) is 1. The number of hydrogen-bond acceptors (Lipinski definition) is 3. The van der Waals surface area contributed by atoms with Crippen molar-refractivity contribution in [3.63, 3.8) is 0 Å². The smallest absolute Gasteiger partial charge is 0.345 e. The third-order valence-corrected chi connectivity index (χ3v) is 2.22. The molecule has 20 heavy (non-hydrogen) atoms. The van der Waals surface area contributed by atoms with Gasteiger partial charge < -0.3 is 10.2 Å². The van der Waals surface area contributed by atoms with Crippen LogP contribution in [-0.4, -0.2) is 48.0 Å². The molecule has 0 aliphatic heterocycles. The summed E-state index contributed by atoms with van der Waals surface area (Å²) in [7, 11) is 1.18. The quantitative estimate of drug-likeness (QED) is 0.841. The zero-order valence-electron chi connectivity index (χ0n) is 10.4. The molecule has 0 saturated heterocycles. The average molecular weight is 293 g/mol. The van der Waals surface area contributed by atoms with Crippen LogP contribution >= 0.6 is 0 Å². The van der Waals surface area contributed by atoms with Gasteiger partial charge in [-0.25, -0.2) is 4.39 Å². The number of carbonyl (C=O) groups is 2. The van der Waals surface area contributed by atoms with E-state index in [9.17, 15) is 27.2 Å². The van der Waals surface area contributed by atoms with Crippen molar-refractivity contribution in [3.8, 4) is 0 Å². The maximum Gasteiger partial charge on any atom is 0.405 e. The Morgan fingerprint density at radius 2 is 2.05 bits per heavy atom. The van der Waals surface area contributed by atoms with E-state index >= 15 is 0 Å². The molecule has 0 bridgehead atoms. The van der Waals surface area contributed by atoms with Gasteiger partial charge in [-0.2, -0.15) is 13.2 Å². The Morgan fingerprint density at radius 1 is 1.40 bits per heavy atom. The number of nitrogens with zero attached hydrogens (tertiary/aromatic N) is 2. The van der Waals surface area contributed by atoms with Crippen molar-refractivity contribution in [2.75, 3.05) is 20.1 Å². The highest BCUT2D eigenvalue weighted by Crippen LogP contribution is 2.12. The standard InChI is InChI=1S/C11H11F4N3O2/c1-18(5-9(19)17-6-11(13,14)15)10(20)7-2-3-16-4-8(7)12/h2-4H,5-6H2,1H3,(H,17,19). The molecule has 1 aromatic heterocycles. The van der Waals surface area contributed by atoms with E-state index < -0.39 is 36.9 Å². The van der Waals surface area contributed by atoms with E-state index in [0.717, 1.165) is 17.2 Å². The number of alkyl halides is 3. The van der Waals surface area contributed by atoms with E-state index in [-0.39, 0.29) is 5.56 Å². The fourth-order valence-electron chi connectivity index (χ4n) is 1.30. The monoisotopic (exact) mass is 293 g/mol. The van der Waals surface area contributed by atoms with Gasteiger partial charge in [-0.05, 0) is 6.07 Å². The third kappa shape index (κ3) is 4.82. The van der Waals surface area contributed by atoms with E-state index in [1.807, 2.05) is 0 Å². The largest absolute Gasteiger partial charge is 0.405 e. The molecule has 0 unspecified atom stereocenters. The van der Waals surface area contributed by atoms with Crippen LogP contribution < -0.4 is 5.32 Å². The van der Waals surface area contributed by atoms with Gasteiger partial charge in [0, 0.05) is 13.2 Å². The van der Waals surface area contributed by atoms with Crippen LogP contribution in [0.15, 0.2) is 18.5 Å². The van der Waals surface area contributed by atoms with Crippen LogP contribution in [0.5, 0.6) is 0 Å². The van der Waals surface area contributed by atoms with Gasteiger partial charge in [-0.1, -0.05) is 0 Å². The van der Waals surface area contributed by atoms with E-state index in [1.165, 1.54) is 13.2 Å². The summed E-state index contributed by atoms with van der Waals surface area (Å²) in [5.74, 6) is -2.69. The summed E-state index contributed by atoms with van der Waals surface area (Å²) in [6, 6.07) is 1.11. The topological polar surface area (TPSA) is 62.3 Å². The molecule has 0 aliphatic carbocycles. The lowest BCUT2D eigenvalue weighted by Gasteiger charge is -2.17. The molecule has 1 aromatic rings. The molecule has 2 amide bonds. The van der Waals surface area contributed by atoms with Crippen molar-refractivity contribution in [2.24, 2.45) is 0 Å². The first kappa shape index (κ1) is 15.9. The lowest BCUT2D eigenvalue weighted by Crippen LogP contribution is -2.41. The minimum Gasteiger partial charge on any atom is -0.345 e. The Bertz CT molecular complexity index is 505. The molecule has 5 nitrogen and oxygen atoms in total. The Kier molecular flexibility index (Phi) is 5.00. The second kappa shape index (κ2) is 6.31. The van der Waals surface area contributed by atoms with Gasteiger partial charge in [0.25, 0.3) is 5.91 Å². The Morgan fingerprint density at radius 3 is 2.60 bits per heavy atom. The zero-order chi connectivity index (χ0) is 15.3. The van der Waals surface area contributed by atoms with Crippen molar-refractivity contribution in [2.45, 2.75) is 6.18 Å². The molecular weight excluding hydrogens is 282 g/mol. The van der Waals surface area contributed by atoms with Gasteiger partial charge in [0.05, 0.1) is 18.3 Å². The fraction of sp³-hybridized carbons (Fsp3) is 0.364. The predicted octanol–water partition coefficient (Wildman–Crippen LogP) is 0.971. The molecule has 0 spiro atoms. The first-order valence-electron chi connectivity index (χ1n) is 5.39. The van der Waals surface area contributed by atoms with Crippen LogP contribution in [0.25, 0.3) is 0 Å². The number of rotatable bonds is 4. The summed E-state index contributed by atoms with van der Waals surface area (Å²) in [5.41, 5.74) is -0.314. The first-order valence-corrected chi connectivity index (χ1v) is 5.39. The van der Waals surface area contributed by atoms with Gasteiger partial charge in [0.2, 0.25) is 5.91 Å².